The maximum Gasteiger partial charge on any atom is 0.288 e. The SMILES string of the molecule is O=C(Nc1ccc(SC(F)F)cc1)C1CCN(S(=O)(=O)c2cccnc2)CC1. The first-order valence-corrected chi connectivity index (χ1v) is 10.9. The molecule has 0 atom stereocenters. The second-order valence-electron chi connectivity index (χ2n) is 6.26. The minimum Gasteiger partial charge on any atom is -0.326 e. The molecule has 1 fully saturated rings. The molecular weight excluding hydrogens is 408 g/mol. The number of halogens is 2. The van der Waals surface area contributed by atoms with E-state index in [9.17, 15) is 22.0 Å². The van der Waals surface area contributed by atoms with E-state index in [1.54, 1.807) is 18.2 Å². The van der Waals surface area contributed by atoms with Gasteiger partial charge in [-0.25, -0.2) is 8.42 Å². The molecule has 0 unspecified atom stereocenters. The largest absolute Gasteiger partial charge is 0.326 e. The molecule has 0 saturated carbocycles. The maximum absolute atomic E-state index is 12.6. The van der Waals surface area contributed by atoms with E-state index >= 15 is 0 Å². The Balaban J connectivity index is 1.55. The lowest BCUT2D eigenvalue weighted by Crippen LogP contribution is -2.41. The molecule has 3 rings (SSSR count). The van der Waals surface area contributed by atoms with Crippen molar-refractivity contribution >= 4 is 33.4 Å². The fourth-order valence-electron chi connectivity index (χ4n) is 2.97. The number of carbonyl (C=O) groups excluding carboxylic acids is 1. The molecule has 1 aromatic heterocycles. The van der Waals surface area contributed by atoms with Crippen LogP contribution in [-0.2, 0) is 14.8 Å². The number of nitrogens with zero attached hydrogens (tertiary/aromatic N) is 2. The zero-order valence-electron chi connectivity index (χ0n) is 14.8. The molecule has 1 aliphatic rings. The first-order valence-electron chi connectivity index (χ1n) is 8.62. The van der Waals surface area contributed by atoms with E-state index in [0.29, 0.717) is 35.2 Å². The molecule has 1 N–H and O–H groups in total. The molecule has 10 heteroatoms. The van der Waals surface area contributed by atoms with Crippen LogP contribution in [0.2, 0.25) is 0 Å². The van der Waals surface area contributed by atoms with Crippen LogP contribution in [0.4, 0.5) is 14.5 Å². The van der Waals surface area contributed by atoms with Crippen molar-refractivity contribution in [3.05, 3.63) is 48.8 Å². The van der Waals surface area contributed by atoms with Crippen molar-refractivity contribution in [3.63, 3.8) is 0 Å². The summed E-state index contributed by atoms with van der Waals surface area (Å²) in [5.41, 5.74) is 0.522. The van der Waals surface area contributed by atoms with Gasteiger partial charge in [-0.3, -0.25) is 9.78 Å². The number of pyridine rings is 1. The fourth-order valence-corrected chi connectivity index (χ4v) is 4.90. The van der Waals surface area contributed by atoms with Gasteiger partial charge in [0.25, 0.3) is 5.76 Å². The van der Waals surface area contributed by atoms with Gasteiger partial charge in [-0.1, -0.05) is 11.8 Å². The highest BCUT2D eigenvalue weighted by Gasteiger charge is 2.32. The number of sulfonamides is 1. The molecule has 1 saturated heterocycles. The molecule has 2 aromatic rings. The second-order valence-corrected chi connectivity index (χ2v) is 9.26. The average molecular weight is 427 g/mol. The van der Waals surface area contributed by atoms with E-state index in [4.69, 9.17) is 0 Å². The topological polar surface area (TPSA) is 79.4 Å². The number of rotatable bonds is 6. The van der Waals surface area contributed by atoms with Crippen LogP contribution >= 0.6 is 11.8 Å². The average Bonchev–Trinajstić information content (AvgIpc) is 2.70. The van der Waals surface area contributed by atoms with Crippen LogP contribution in [0.3, 0.4) is 0 Å². The molecule has 0 spiro atoms. The van der Waals surface area contributed by atoms with Gasteiger partial charge in [0.15, 0.2) is 0 Å². The summed E-state index contributed by atoms with van der Waals surface area (Å²) in [7, 11) is -3.61. The van der Waals surface area contributed by atoms with Crippen molar-refractivity contribution < 1.29 is 22.0 Å². The minimum absolute atomic E-state index is 0.139. The summed E-state index contributed by atoms with van der Waals surface area (Å²) in [6, 6.07) is 9.26. The Morgan fingerprint density at radius 3 is 2.43 bits per heavy atom. The van der Waals surface area contributed by atoms with Gasteiger partial charge in [-0.05, 0) is 49.2 Å². The molecule has 1 amide bonds. The third-order valence-electron chi connectivity index (χ3n) is 4.44. The second kappa shape index (κ2) is 8.97. The Morgan fingerprint density at radius 2 is 1.86 bits per heavy atom. The Bertz CT molecular complexity index is 901. The smallest absolute Gasteiger partial charge is 0.288 e. The minimum atomic E-state index is -3.61. The van der Waals surface area contributed by atoms with Gasteiger partial charge in [-0.2, -0.15) is 13.1 Å². The van der Waals surface area contributed by atoms with Crippen LogP contribution in [0.25, 0.3) is 0 Å². The van der Waals surface area contributed by atoms with Gasteiger partial charge in [0.1, 0.15) is 4.90 Å². The number of aromatic nitrogens is 1. The number of benzene rings is 1. The Labute approximate surface area is 166 Å². The van der Waals surface area contributed by atoms with Crippen molar-refractivity contribution in [1.82, 2.24) is 9.29 Å². The maximum atomic E-state index is 12.6. The van der Waals surface area contributed by atoms with Gasteiger partial charge < -0.3 is 5.32 Å². The summed E-state index contributed by atoms with van der Waals surface area (Å²) in [5.74, 6) is -3.00. The highest BCUT2D eigenvalue weighted by Crippen LogP contribution is 2.27. The quantitative estimate of drug-likeness (QED) is 0.715. The molecule has 1 aliphatic heterocycles. The van der Waals surface area contributed by atoms with Crippen LogP contribution in [0.1, 0.15) is 12.8 Å². The highest BCUT2D eigenvalue weighted by atomic mass is 32.2. The number of carbonyl (C=O) groups is 1. The van der Waals surface area contributed by atoms with E-state index < -0.39 is 15.8 Å². The van der Waals surface area contributed by atoms with Crippen molar-refractivity contribution in [2.24, 2.45) is 5.92 Å². The van der Waals surface area contributed by atoms with Crippen molar-refractivity contribution in [2.75, 3.05) is 18.4 Å². The van der Waals surface area contributed by atoms with Crippen LogP contribution in [0, 0.1) is 5.92 Å². The molecule has 28 heavy (non-hydrogen) atoms. The molecule has 0 bridgehead atoms. The molecule has 150 valence electrons. The molecule has 2 heterocycles. The fraction of sp³-hybridized carbons (Fsp3) is 0.333. The molecule has 6 nitrogen and oxygen atoms in total. The number of hydrogen-bond acceptors (Lipinski definition) is 5. The summed E-state index contributed by atoms with van der Waals surface area (Å²) in [4.78, 5) is 16.8. The van der Waals surface area contributed by atoms with E-state index in [-0.39, 0.29) is 29.8 Å². The first kappa shape index (κ1) is 20.7. The van der Waals surface area contributed by atoms with Crippen molar-refractivity contribution in [2.45, 2.75) is 28.4 Å². The Hall–Kier alpha value is -2.04. The first-order chi connectivity index (χ1) is 13.4. The molecule has 1 aromatic carbocycles. The van der Waals surface area contributed by atoms with E-state index in [0.717, 1.165) is 0 Å². The zero-order chi connectivity index (χ0) is 20.1. The van der Waals surface area contributed by atoms with Gasteiger partial charge in [0.05, 0.1) is 0 Å². The summed E-state index contributed by atoms with van der Waals surface area (Å²) >= 11 is 0.442. The van der Waals surface area contributed by atoms with E-state index in [2.05, 4.69) is 10.3 Å². The summed E-state index contributed by atoms with van der Waals surface area (Å²) < 4.78 is 51.2. The van der Waals surface area contributed by atoms with Crippen molar-refractivity contribution in [3.8, 4) is 0 Å². The summed E-state index contributed by atoms with van der Waals surface area (Å²) in [6.07, 6.45) is 3.63. The Kier molecular flexibility index (Phi) is 6.63. The molecular formula is C18H19F2N3O3S2. The molecule has 0 radical (unpaired) electrons. The number of thioether (sulfide) groups is 1. The monoisotopic (exact) mass is 427 g/mol. The summed E-state index contributed by atoms with van der Waals surface area (Å²) in [6.45, 7) is 0.499. The Morgan fingerprint density at radius 1 is 1.18 bits per heavy atom. The van der Waals surface area contributed by atoms with Gasteiger partial charge in [-0.15, -0.1) is 0 Å². The lowest BCUT2D eigenvalue weighted by atomic mass is 9.97. The normalized spacial score (nSPS) is 16.2. The van der Waals surface area contributed by atoms with E-state index in [1.165, 1.54) is 34.9 Å². The predicted octanol–water partition coefficient (Wildman–Crippen LogP) is 3.44. The van der Waals surface area contributed by atoms with E-state index in [1.807, 2.05) is 0 Å². The van der Waals surface area contributed by atoms with Crippen LogP contribution in [-0.4, -0.2) is 42.5 Å². The number of anilines is 1. The molecule has 0 aliphatic carbocycles. The van der Waals surface area contributed by atoms with Crippen LogP contribution in [0.5, 0.6) is 0 Å². The lowest BCUT2D eigenvalue weighted by Gasteiger charge is -2.30. The van der Waals surface area contributed by atoms with Crippen LogP contribution < -0.4 is 5.32 Å². The van der Waals surface area contributed by atoms with Crippen molar-refractivity contribution in [1.29, 1.82) is 0 Å². The number of piperidine rings is 1. The number of amides is 1. The third kappa shape index (κ3) is 5.06. The van der Waals surface area contributed by atoms with Gasteiger partial charge in [0, 0.05) is 42.0 Å². The van der Waals surface area contributed by atoms with Crippen LogP contribution in [0.15, 0.2) is 58.6 Å². The number of nitrogens with one attached hydrogen (secondary N) is 1. The highest BCUT2D eigenvalue weighted by molar-refractivity contribution is 7.99. The van der Waals surface area contributed by atoms with Gasteiger partial charge >= 0.3 is 0 Å². The predicted molar refractivity (Wildman–Crippen MR) is 103 cm³/mol. The standard InChI is InChI=1S/C18H19F2N3O3S2/c19-18(20)27-15-5-3-14(4-6-15)22-17(24)13-7-10-23(11-8-13)28(25,26)16-2-1-9-21-12-16/h1-6,9,12-13,18H,7-8,10-11H2,(H,22,24). The van der Waals surface area contributed by atoms with Gasteiger partial charge in [0.2, 0.25) is 15.9 Å². The zero-order valence-corrected chi connectivity index (χ0v) is 16.4. The summed E-state index contributed by atoms with van der Waals surface area (Å²) in [5, 5.41) is 2.76. The third-order valence-corrected chi connectivity index (χ3v) is 7.05. The number of alkyl halides is 2. The number of hydrogen-bond donors (Lipinski definition) is 1. The lowest BCUT2D eigenvalue weighted by molar-refractivity contribution is -0.120.